The third-order valence-electron chi connectivity index (χ3n) is 4.20. The first-order valence-electron chi connectivity index (χ1n) is 8.49. The highest BCUT2D eigenvalue weighted by atomic mass is 16.5. The van der Waals surface area contributed by atoms with Crippen molar-refractivity contribution >= 4 is 17.7 Å². The maximum Gasteiger partial charge on any atom is 0.304 e. The van der Waals surface area contributed by atoms with Crippen molar-refractivity contribution in [2.45, 2.75) is 12.8 Å². The predicted octanol–water partition coefficient (Wildman–Crippen LogP) is 2.24. The Morgan fingerprint density at radius 2 is 1.74 bits per heavy atom. The van der Waals surface area contributed by atoms with Crippen LogP contribution >= 0.6 is 0 Å². The van der Waals surface area contributed by atoms with Gasteiger partial charge >= 0.3 is 5.97 Å². The average Bonchev–Trinajstić information content (AvgIpc) is 3.06. The summed E-state index contributed by atoms with van der Waals surface area (Å²) in [6.07, 6.45) is 0.622. The Bertz CT molecular complexity index is 801. The molecule has 2 aromatic carbocycles. The van der Waals surface area contributed by atoms with Crippen molar-refractivity contribution in [3.63, 3.8) is 0 Å². The van der Waals surface area contributed by atoms with Crippen molar-refractivity contribution in [2.75, 3.05) is 13.7 Å². The van der Waals surface area contributed by atoms with Gasteiger partial charge in [-0.3, -0.25) is 15.0 Å². The van der Waals surface area contributed by atoms with E-state index in [2.05, 4.69) is 5.32 Å². The summed E-state index contributed by atoms with van der Waals surface area (Å²) >= 11 is 0. The smallest absolute Gasteiger partial charge is 0.304 e. The van der Waals surface area contributed by atoms with Crippen LogP contribution in [0.2, 0.25) is 0 Å². The lowest BCUT2D eigenvalue weighted by molar-refractivity contribution is -0.140. The van der Waals surface area contributed by atoms with Gasteiger partial charge in [0.25, 0.3) is 0 Å². The number of carboxylic acids is 1. The first-order valence-corrected chi connectivity index (χ1v) is 8.49. The van der Waals surface area contributed by atoms with Crippen LogP contribution in [0.3, 0.4) is 0 Å². The summed E-state index contributed by atoms with van der Waals surface area (Å²) in [4.78, 5) is 20.9. The van der Waals surface area contributed by atoms with E-state index < -0.39 is 5.97 Å². The van der Waals surface area contributed by atoms with E-state index in [1.807, 2.05) is 48.5 Å². The van der Waals surface area contributed by atoms with Gasteiger partial charge in [-0.25, -0.2) is 0 Å². The molecule has 0 radical (unpaired) electrons. The minimum atomic E-state index is -0.901. The third kappa shape index (κ3) is 5.85. The van der Waals surface area contributed by atoms with Crippen molar-refractivity contribution in [3.8, 4) is 16.9 Å². The van der Waals surface area contributed by atoms with Crippen LogP contribution in [-0.2, 0) is 9.59 Å². The standard InChI is InChI=1S/C14H14N2O.C6H9NO3/c1-17-13-8-6-11(7-9-13)10-2-4-12(5-3-10)14(15)16;8-5(9)3-4-1-2-7-6(4)10/h2-9H,1H3,(H3,15,16);4H,1-3H2,(H,7,10)(H,8,9). The number of carbonyl (C=O) groups is 2. The molecule has 1 atom stereocenters. The molecular formula is C20H23N3O4. The summed E-state index contributed by atoms with van der Waals surface area (Å²) in [5, 5.41) is 18.2. The van der Waals surface area contributed by atoms with Gasteiger partial charge in [-0.15, -0.1) is 0 Å². The van der Waals surface area contributed by atoms with Gasteiger partial charge in [-0.2, -0.15) is 0 Å². The fraction of sp³-hybridized carbons (Fsp3) is 0.250. The number of benzene rings is 2. The number of nitrogens with two attached hydrogens (primary N) is 1. The Labute approximate surface area is 157 Å². The number of amidine groups is 1. The topological polar surface area (TPSA) is 126 Å². The van der Waals surface area contributed by atoms with Crippen LogP contribution in [0.1, 0.15) is 18.4 Å². The van der Waals surface area contributed by atoms with Gasteiger partial charge < -0.3 is 20.9 Å². The van der Waals surface area contributed by atoms with Crippen molar-refractivity contribution in [1.82, 2.24) is 5.32 Å². The first kappa shape index (κ1) is 20.0. The molecule has 3 rings (SSSR count). The third-order valence-corrected chi connectivity index (χ3v) is 4.20. The van der Waals surface area contributed by atoms with E-state index in [0.29, 0.717) is 13.0 Å². The highest BCUT2D eigenvalue weighted by molar-refractivity contribution is 5.95. The summed E-state index contributed by atoms with van der Waals surface area (Å²) in [5.74, 6) is -0.387. The second-order valence-corrected chi connectivity index (χ2v) is 6.09. The number of carbonyl (C=O) groups excluding carboxylic acids is 1. The maximum atomic E-state index is 10.7. The molecule has 142 valence electrons. The SMILES string of the molecule is COc1ccc(-c2ccc(C(=N)N)cc2)cc1.O=C(O)CC1CCNC1=O. The molecule has 7 heteroatoms. The van der Waals surface area contributed by atoms with Gasteiger partial charge in [-0.05, 0) is 29.7 Å². The van der Waals surface area contributed by atoms with Gasteiger partial charge in [0, 0.05) is 12.1 Å². The van der Waals surface area contributed by atoms with E-state index in [1.54, 1.807) is 7.11 Å². The molecule has 0 aromatic heterocycles. The molecule has 0 spiro atoms. The summed E-state index contributed by atoms with van der Waals surface area (Å²) < 4.78 is 5.11. The number of aliphatic carboxylic acids is 1. The quantitative estimate of drug-likeness (QED) is 0.475. The summed E-state index contributed by atoms with van der Waals surface area (Å²) in [5.41, 5.74) is 8.35. The Morgan fingerprint density at radius 1 is 1.19 bits per heavy atom. The zero-order valence-corrected chi connectivity index (χ0v) is 15.1. The van der Waals surface area contributed by atoms with Crippen LogP contribution < -0.4 is 15.8 Å². The molecule has 0 saturated carbocycles. The van der Waals surface area contributed by atoms with E-state index in [9.17, 15) is 9.59 Å². The van der Waals surface area contributed by atoms with Crippen LogP contribution in [0.15, 0.2) is 48.5 Å². The zero-order valence-electron chi connectivity index (χ0n) is 15.1. The maximum absolute atomic E-state index is 10.7. The first-order chi connectivity index (χ1) is 12.9. The summed E-state index contributed by atoms with van der Waals surface area (Å²) in [6.45, 7) is 0.622. The van der Waals surface area contributed by atoms with E-state index in [-0.39, 0.29) is 24.1 Å². The highest BCUT2D eigenvalue weighted by Gasteiger charge is 2.25. The van der Waals surface area contributed by atoms with E-state index in [0.717, 1.165) is 22.4 Å². The van der Waals surface area contributed by atoms with Gasteiger partial charge in [-0.1, -0.05) is 36.4 Å². The summed E-state index contributed by atoms with van der Waals surface area (Å²) in [6, 6.07) is 15.5. The molecule has 1 saturated heterocycles. The Hall–Kier alpha value is -3.35. The largest absolute Gasteiger partial charge is 0.497 e. The van der Waals surface area contributed by atoms with Crippen LogP contribution in [0.4, 0.5) is 0 Å². The predicted molar refractivity (Wildman–Crippen MR) is 103 cm³/mol. The number of ether oxygens (including phenoxy) is 1. The molecule has 1 unspecified atom stereocenters. The number of carboxylic acid groups (broad SMARTS) is 1. The fourth-order valence-corrected chi connectivity index (χ4v) is 2.68. The number of hydrogen-bond acceptors (Lipinski definition) is 4. The lowest BCUT2D eigenvalue weighted by Crippen LogP contribution is -2.20. The van der Waals surface area contributed by atoms with Crippen molar-refractivity contribution in [2.24, 2.45) is 11.7 Å². The molecule has 1 aliphatic heterocycles. The number of nitrogens with one attached hydrogen (secondary N) is 2. The Morgan fingerprint density at radius 3 is 2.15 bits per heavy atom. The number of amides is 1. The minimum absolute atomic E-state index is 0.0359. The van der Waals surface area contributed by atoms with Crippen LogP contribution in [-0.4, -0.2) is 36.5 Å². The van der Waals surface area contributed by atoms with Crippen LogP contribution in [0.25, 0.3) is 11.1 Å². The highest BCUT2D eigenvalue weighted by Crippen LogP contribution is 2.22. The van der Waals surface area contributed by atoms with Gasteiger partial charge in [0.15, 0.2) is 0 Å². The lowest BCUT2D eigenvalue weighted by Gasteiger charge is -2.05. The van der Waals surface area contributed by atoms with Gasteiger partial charge in [0.1, 0.15) is 11.6 Å². The second-order valence-electron chi connectivity index (χ2n) is 6.09. The molecule has 7 nitrogen and oxygen atoms in total. The Kier molecular flexibility index (Phi) is 6.93. The van der Waals surface area contributed by atoms with Crippen molar-refractivity contribution in [1.29, 1.82) is 5.41 Å². The molecular weight excluding hydrogens is 346 g/mol. The van der Waals surface area contributed by atoms with Crippen molar-refractivity contribution < 1.29 is 19.4 Å². The molecule has 27 heavy (non-hydrogen) atoms. The molecule has 1 amide bonds. The molecule has 5 N–H and O–H groups in total. The molecule has 2 aromatic rings. The lowest BCUT2D eigenvalue weighted by atomic mass is 10.0. The number of rotatable bonds is 5. The fourth-order valence-electron chi connectivity index (χ4n) is 2.68. The molecule has 1 fully saturated rings. The number of methoxy groups -OCH3 is 1. The second kappa shape index (κ2) is 9.38. The van der Waals surface area contributed by atoms with Gasteiger partial charge in [0.2, 0.25) is 5.91 Å². The monoisotopic (exact) mass is 369 g/mol. The van der Waals surface area contributed by atoms with Crippen LogP contribution in [0.5, 0.6) is 5.75 Å². The zero-order chi connectivity index (χ0) is 19.8. The van der Waals surface area contributed by atoms with E-state index in [1.165, 1.54) is 0 Å². The normalized spacial score (nSPS) is 15.3. The minimum Gasteiger partial charge on any atom is -0.497 e. The Balaban J connectivity index is 0.000000223. The van der Waals surface area contributed by atoms with E-state index >= 15 is 0 Å². The number of hydrogen-bond donors (Lipinski definition) is 4. The molecule has 1 aliphatic rings. The number of nitrogen functional groups attached to an aromatic ring is 1. The van der Waals surface area contributed by atoms with E-state index in [4.69, 9.17) is 21.0 Å². The average molecular weight is 369 g/mol. The summed E-state index contributed by atoms with van der Waals surface area (Å²) in [7, 11) is 1.65. The van der Waals surface area contributed by atoms with Crippen molar-refractivity contribution in [3.05, 3.63) is 54.1 Å². The molecule has 1 heterocycles. The van der Waals surface area contributed by atoms with Crippen LogP contribution in [0, 0.1) is 11.3 Å². The molecule has 0 bridgehead atoms. The van der Waals surface area contributed by atoms with Gasteiger partial charge in [0.05, 0.1) is 19.4 Å². The molecule has 0 aliphatic carbocycles.